The summed E-state index contributed by atoms with van der Waals surface area (Å²) in [6, 6.07) is 4.17. The highest BCUT2D eigenvalue weighted by atomic mass is 79.9. The Bertz CT molecular complexity index is 1110. The smallest absolute Gasteiger partial charge is 0.316 e. The summed E-state index contributed by atoms with van der Waals surface area (Å²) in [7, 11) is -3.07. The van der Waals surface area contributed by atoms with Crippen molar-refractivity contribution in [2.75, 3.05) is 0 Å². The van der Waals surface area contributed by atoms with Gasteiger partial charge in [-0.15, -0.1) is 11.3 Å². The van der Waals surface area contributed by atoms with E-state index >= 15 is 0 Å². The maximum atomic E-state index is 13.2. The summed E-state index contributed by atoms with van der Waals surface area (Å²) in [4.78, 5) is 36.6. The molecule has 0 spiro atoms. The lowest BCUT2D eigenvalue weighted by molar-refractivity contribution is -0.164. The molecule has 4 aliphatic carbocycles. The van der Waals surface area contributed by atoms with Gasteiger partial charge in [0.2, 0.25) is 5.91 Å². The van der Waals surface area contributed by atoms with Crippen molar-refractivity contribution in [2.24, 2.45) is 46.3 Å². The van der Waals surface area contributed by atoms with E-state index in [2.05, 4.69) is 55.0 Å². The zero-order chi connectivity index (χ0) is 28.1. The number of carbonyl (C=O) groups is 2. The molecule has 0 aliphatic heterocycles. The zero-order valence-electron chi connectivity index (χ0n) is 23.7. The predicted octanol–water partition coefficient (Wildman–Crippen LogP) is 7.71. The maximum Gasteiger partial charge on any atom is 0.316 e. The first-order chi connectivity index (χ1) is 18.5. The first-order valence-corrected chi connectivity index (χ1v) is 17.8. The van der Waals surface area contributed by atoms with Gasteiger partial charge in [0.05, 0.1) is 15.9 Å². The Kier molecular flexibility index (Phi) is 8.93. The standard InChI is InChI=1S/C30H45BrNO5PS/c1-5-23(25-8-9-26(31)39-25)32-27(34)14-17(2)20-6-7-21-28-22(11-13-30(20,21)4)29(3)12-10-19(33)15-18(29)16-24(28)37-38(35)36/h8-9,17-18,20-24,28,38H,5-7,10-16H2,1-4H3,(H,32,34)(H,35,36)/t17-,18?,20?,21+,22+,23?,24-,28?,29?,30?/m1/s1. The molecule has 7 unspecified atom stereocenters. The summed E-state index contributed by atoms with van der Waals surface area (Å²) in [6.45, 7) is 9.17. The van der Waals surface area contributed by atoms with E-state index in [4.69, 9.17) is 4.52 Å². The lowest BCUT2D eigenvalue weighted by Crippen LogP contribution is -2.58. The highest BCUT2D eigenvalue weighted by Gasteiger charge is 2.63. The first-order valence-electron chi connectivity index (χ1n) is 14.9. The van der Waals surface area contributed by atoms with Crippen molar-refractivity contribution < 1.29 is 23.6 Å². The molecule has 0 bridgehead atoms. The Morgan fingerprint density at radius 1 is 1.23 bits per heavy atom. The van der Waals surface area contributed by atoms with Crippen molar-refractivity contribution in [3.8, 4) is 0 Å². The quantitative estimate of drug-likeness (QED) is 0.284. The molecule has 11 atom stereocenters. The Hall–Kier alpha value is -0.530. The van der Waals surface area contributed by atoms with Gasteiger partial charge in [-0.05, 0) is 119 Å². The van der Waals surface area contributed by atoms with E-state index in [0.717, 1.165) is 42.3 Å². The Balaban J connectivity index is 1.32. The molecular formula is C30H45BrNO5PS. The molecule has 218 valence electrons. The zero-order valence-corrected chi connectivity index (χ0v) is 27.1. The van der Waals surface area contributed by atoms with E-state index in [1.165, 1.54) is 4.88 Å². The van der Waals surface area contributed by atoms with Gasteiger partial charge in [0, 0.05) is 24.1 Å². The fourth-order valence-corrected chi connectivity index (χ4v) is 11.9. The minimum Gasteiger partial charge on any atom is -0.348 e. The fraction of sp³-hybridized carbons (Fsp3) is 0.800. The monoisotopic (exact) mass is 641 g/mol. The Labute approximate surface area is 246 Å². The molecule has 1 amide bonds. The van der Waals surface area contributed by atoms with Gasteiger partial charge in [0.15, 0.2) is 0 Å². The summed E-state index contributed by atoms with van der Waals surface area (Å²) in [5.41, 5.74) is 0.185. The van der Waals surface area contributed by atoms with Gasteiger partial charge in [-0.25, -0.2) is 0 Å². The summed E-state index contributed by atoms with van der Waals surface area (Å²) >= 11 is 5.21. The molecule has 1 aromatic heterocycles. The van der Waals surface area contributed by atoms with E-state index in [-0.39, 0.29) is 46.6 Å². The average Bonchev–Trinajstić information content (AvgIpc) is 3.46. The molecule has 0 saturated heterocycles. The first kappa shape index (κ1) is 29.9. The number of halogens is 1. The van der Waals surface area contributed by atoms with Crippen LogP contribution < -0.4 is 5.32 Å². The minimum absolute atomic E-state index is 0.0427. The van der Waals surface area contributed by atoms with E-state index in [9.17, 15) is 19.0 Å². The minimum atomic E-state index is -3.07. The molecule has 0 aromatic carbocycles. The Morgan fingerprint density at radius 2 is 1.97 bits per heavy atom. The van der Waals surface area contributed by atoms with Gasteiger partial charge in [0.1, 0.15) is 5.78 Å². The van der Waals surface area contributed by atoms with Crippen LogP contribution >= 0.6 is 35.5 Å². The fourth-order valence-electron chi connectivity index (χ4n) is 9.79. The lowest BCUT2D eigenvalue weighted by atomic mass is 9.44. The number of ketones is 1. The van der Waals surface area contributed by atoms with Crippen molar-refractivity contribution in [1.82, 2.24) is 5.32 Å². The van der Waals surface area contributed by atoms with Crippen LogP contribution in [0.4, 0.5) is 0 Å². The molecule has 2 N–H and O–H groups in total. The third-order valence-electron chi connectivity index (χ3n) is 11.7. The van der Waals surface area contributed by atoms with Gasteiger partial charge in [-0.1, -0.05) is 27.7 Å². The SMILES string of the molecule is CCC(NC(=O)C[C@@H](C)C1CC[C@H]2C3[C@H](O[PH](=O)O)CC4CC(=O)CCC4(C)[C@H]3CCC12C)c1ccc(Br)s1. The molecule has 1 heterocycles. The third-order valence-corrected chi connectivity index (χ3v) is 13.9. The number of carbonyl (C=O) groups excluding carboxylic acids is 2. The van der Waals surface area contributed by atoms with Gasteiger partial charge >= 0.3 is 8.25 Å². The number of fused-ring (bicyclic) bond motifs is 5. The number of amides is 1. The summed E-state index contributed by atoms with van der Waals surface area (Å²) in [5, 5.41) is 3.29. The van der Waals surface area contributed by atoms with E-state index < -0.39 is 8.25 Å². The highest BCUT2D eigenvalue weighted by Crippen LogP contribution is 2.69. The van der Waals surface area contributed by atoms with Crippen molar-refractivity contribution in [2.45, 2.75) is 104 Å². The molecule has 6 nitrogen and oxygen atoms in total. The second-order valence-electron chi connectivity index (χ2n) is 13.5. The molecule has 4 aliphatic rings. The van der Waals surface area contributed by atoms with Gasteiger partial charge in [-0.2, -0.15) is 0 Å². The molecule has 1 aromatic rings. The van der Waals surface area contributed by atoms with Crippen LogP contribution in [0.25, 0.3) is 0 Å². The predicted molar refractivity (Wildman–Crippen MR) is 159 cm³/mol. The van der Waals surface area contributed by atoms with Gasteiger partial charge < -0.3 is 14.7 Å². The van der Waals surface area contributed by atoms with Crippen molar-refractivity contribution in [3.63, 3.8) is 0 Å². The highest BCUT2D eigenvalue weighted by molar-refractivity contribution is 9.11. The van der Waals surface area contributed by atoms with Crippen molar-refractivity contribution >= 4 is 47.2 Å². The average molecular weight is 643 g/mol. The normalized spacial score (nSPS) is 40.2. The van der Waals surface area contributed by atoms with E-state index in [1.807, 2.05) is 6.07 Å². The van der Waals surface area contributed by atoms with E-state index in [0.29, 0.717) is 49.2 Å². The van der Waals surface area contributed by atoms with Crippen LogP contribution in [0, 0.1) is 46.3 Å². The molecule has 0 radical (unpaired) electrons. The lowest BCUT2D eigenvalue weighted by Gasteiger charge is -2.62. The summed E-state index contributed by atoms with van der Waals surface area (Å²) in [5.74, 6) is 2.48. The topological polar surface area (TPSA) is 92.7 Å². The second kappa shape index (κ2) is 11.6. The number of hydrogen-bond acceptors (Lipinski definition) is 5. The third kappa shape index (κ3) is 5.63. The van der Waals surface area contributed by atoms with Crippen LogP contribution in [0.5, 0.6) is 0 Å². The number of thiophene rings is 1. The van der Waals surface area contributed by atoms with Crippen LogP contribution in [0.2, 0.25) is 0 Å². The largest absolute Gasteiger partial charge is 0.348 e. The van der Waals surface area contributed by atoms with Crippen LogP contribution in [0.15, 0.2) is 15.9 Å². The summed E-state index contributed by atoms with van der Waals surface area (Å²) < 4.78 is 18.9. The van der Waals surface area contributed by atoms with Gasteiger partial charge in [-0.3, -0.25) is 14.2 Å². The molecule has 39 heavy (non-hydrogen) atoms. The number of Topliss-reactive ketones (excluding diaryl/α,β-unsaturated/α-hetero) is 1. The Morgan fingerprint density at radius 3 is 2.64 bits per heavy atom. The van der Waals surface area contributed by atoms with Crippen LogP contribution in [-0.2, 0) is 18.7 Å². The van der Waals surface area contributed by atoms with Crippen molar-refractivity contribution in [1.29, 1.82) is 0 Å². The molecule has 5 rings (SSSR count). The van der Waals surface area contributed by atoms with Crippen molar-refractivity contribution in [3.05, 3.63) is 20.8 Å². The number of hydrogen-bond donors (Lipinski definition) is 2. The van der Waals surface area contributed by atoms with E-state index in [1.54, 1.807) is 11.3 Å². The molecular weight excluding hydrogens is 597 g/mol. The molecule has 4 saturated carbocycles. The summed E-state index contributed by atoms with van der Waals surface area (Å²) in [6.07, 6.45) is 8.39. The number of nitrogens with one attached hydrogen (secondary N) is 1. The molecule has 9 heteroatoms. The van der Waals surface area contributed by atoms with Crippen LogP contribution in [0.1, 0.15) is 103 Å². The van der Waals surface area contributed by atoms with Crippen LogP contribution in [-0.4, -0.2) is 22.7 Å². The second-order valence-corrected chi connectivity index (χ2v) is 16.7. The van der Waals surface area contributed by atoms with Gasteiger partial charge in [0.25, 0.3) is 0 Å². The molecule has 4 fully saturated rings. The maximum absolute atomic E-state index is 13.2. The van der Waals surface area contributed by atoms with Crippen LogP contribution in [0.3, 0.4) is 0 Å². The number of rotatable bonds is 8.